The number of aromatic nitrogens is 4. The van der Waals surface area contributed by atoms with Crippen LogP contribution in [0.5, 0.6) is 0 Å². The highest BCUT2D eigenvalue weighted by Gasteiger charge is 2.25. The average Bonchev–Trinajstić information content (AvgIpc) is 3.73. The molecule has 0 aliphatic heterocycles. The molecule has 0 spiro atoms. The normalized spacial score (nSPS) is 12.4. The molecule has 0 saturated carbocycles. The molecule has 0 atom stereocenters. The molecule has 0 saturated heterocycles. The number of hydrogen-bond acceptors (Lipinski definition) is 9. The molecule has 0 unspecified atom stereocenters. The second-order valence-corrected chi connectivity index (χ2v) is 16.2. The van der Waals surface area contributed by atoms with E-state index < -0.39 is 20.4 Å². The van der Waals surface area contributed by atoms with Gasteiger partial charge in [0.05, 0.1) is 13.1 Å². The van der Waals surface area contributed by atoms with E-state index in [1.165, 1.54) is 58.5 Å². The van der Waals surface area contributed by atoms with Gasteiger partial charge in [-0.15, -0.1) is 0 Å². The molecule has 14 nitrogen and oxygen atoms in total. The van der Waals surface area contributed by atoms with E-state index in [9.17, 15) is 21.6 Å². The van der Waals surface area contributed by atoms with Crippen molar-refractivity contribution in [3.8, 4) is 0 Å². The molecule has 0 aliphatic rings. The molecule has 16 heteroatoms. The van der Waals surface area contributed by atoms with E-state index in [0.717, 1.165) is 54.6 Å². The van der Waals surface area contributed by atoms with E-state index in [-0.39, 0.29) is 37.2 Å². The maximum atomic E-state index is 13.1. The second kappa shape index (κ2) is 16.7. The first-order chi connectivity index (χ1) is 23.3. The Balaban J connectivity index is 1.51. The number of carbonyl (C=O) groups excluding carboxylic acids is 1. The summed E-state index contributed by atoms with van der Waals surface area (Å²) in [4.78, 5) is 26.0. The number of hydrogen-bond donors (Lipinski definition) is 1. The summed E-state index contributed by atoms with van der Waals surface area (Å²) in [5, 5.41) is 2.96. The zero-order valence-corrected chi connectivity index (χ0v) is 30.7. The summed E-state index contributed by atoms with van der Waals surface area (Å²) in [7, 11) is -1.97. The monoisotopic (exact) mass is 713 g/mol. The average molecular weight is 714 g/mol. The maximum absolute atomic E-state index is 13.1. The van der Waals surface area contributed by atoms with Crippen LogP contribution >= 0.6 is 0 Å². The quantitative estimate of drug-likeness (QED) is 0.164. The Hall–Kier alpha value is -3.93. The van der Waals surface area contributed by atoms with Gasteiger partial charge in [-0.25, -0.2) is 17.9 Å². The van der Waals surface area contributed by atoms with Crippen LogP contribution in [0.25, 0.3) is 0 Å². The zero-order chi connectivity index (χ0) is 35.8. The second-order valence-electron chi connectivity index (χ2n) is 12.1. The number of carbonyl (C=O) groups is 1. The SMILES string of the molecule is CCCN(CCC)Cc1ccc(NC(=O)c2ccc(CN(Cc3nccn3S(=O)(=O)N(C)C)Cc3nccn3S(=O)(=O)N(C)C)cc2)cc1. The van der Waals surface area contributed by atoms with E-state index >= 15 is 0 Å². The molecule has 2 heterocycles. The molecule has 2 aromatic carbocycles. The Kier molecular flexibility index (Phi) is 12.9. The summed E-state index contributed by atoms with van der Waals surface area (Å²) in [6, 6.07) is 15.0. The first-order valence-corrected chi connectivity index (χ1v) is 18.9. The topological polar surface area (TPSA) is 146 Å². The van der Waals surface area contributed by atoms with Crippen molar-refractivity contribution in [2.75, 3.05) is 46.6 Å². The van der Waals surface area contributed by atoms with Crippen LogP contribution < -0.4 is 5.32 Å². The Morgan fingerprint density at radius 2 is 1.08 bits per heavy atom. The lowest BCUT2D eigenvalue weighted by Crippen LogP contribution is -2.34. The standard InChI is InChI=1S/C33H47N9O5S2/c1-7-19-39(20-8-2)23-28-11-15-30(16-12-28)36-33(43)29-13-9-27(10-14-29)24-40(25-31-34-17-21-41(31)48(44,45)37(3)4)26-32-35-18-22-42(32)49(46,47)38(5)6/h9-18,21-22H,7-8,19-20,23-26H2,1-6H3,(H,36,43). The third-order valence-electron chi connectivity index (χ3n) is 7.83. The fourth-order valence-electron chi connectivity index (χ4n) is 5.28. The largest absolute Gasteiger partial charge is 0.322 e. The van der Waals surface area contributed by atoms with Gasteiger partial charge in [0.2, 0.25) is 0 Å². The molecular formula is C33H47N9O5S2. The molecule has 266 valence electrons. The molecular weight excluding hydrogens is 667 g/mol. The van der Waals surface area contributed by atoms with E-state index in [1.807, 2.05) is 41.3 Å². The van der Waals surface area contributed by atoms with Gasteiger partial charge in [0.15, 0.2) is 0 Å². The molecule has 0 aliphatic carbocycles. The number of benzene rings is 2. The summed E-state index contributed by atoms with van der Waals surface area (Å²) < 4.78 is 56.2. The third kappa shape index (κ3) is 9.61. The lowest BCUT2D eigenvalue weighted by atomic mass is 10.1. The van der Waals surface area contributed by atoms with Gasteiger partial charge in [-0.2, -0.15) is 25.4 Å². The number of anilines is 1. The van der Waals surface area contributed by atoms with Crippen molar-refractivity contribution in [1.82, 2.24) is 36.3 Å². The van der Waals surface area contributed by atoms with E-state index in [2.05, 4.69) is 34.0 Å². The predicted octanol–water partition coefficient (Wildman–Crippen LogP) is 3.47. The van der Waals surface area contributed by atoms with Crippen molar-refractivity contribution in [1.29, 1.82) is 0 Å². The van der Waals surface area contributed by atoms with Gasteiger partial charge in [-0.05, 0) is 61.3 Å². The first kappa shape index (κ1) is 37.9. The van der Waals surface area contributed by atoms with Crippen LogP contribution in [0.15, 0.2) is 73.3 Å². The van der Waals surface area contributed by atoms with Crippen molar-refractivity contribution < 1.29 is 21.6 Å². The molecule has 1 amide bonds. The Morgan fingerprint density at radius 1 is 0.653 bits per heavy atom. The Labute approximate surface area is 290 Å². The first-order valence-electron chi connectivity index (χ1n) is 16.1. The highest BCUT2D eigenvalue weighted by Crippen LogP contribution is 2.18. The molecule has 49 heavy (non-hydrogen) atoms. The minimum atomic E-state index is -3.85. The van der Waals surface area contributed by atoms with Gasteiger partial charge in [-0.1, -0.05) is 38.1 Å². The van der Waals surface area contributed by atoms with Gasteiger partial charge in [0.25, 0.3) is 5.91 Å². The van der Waals surface area contributed by atoms with E-state index in [0.29, 0.717) is 11.3 Å². The number of imidazole rings is 2. The van der Waals surface area contributed by atoms with E-state index in [4.69, 9.17) is 0 Å². The van der Waals surface area contributed by atoms with Gasteiger partial charge < -0.3 is 5.32 Å². The van der Waals surface area contributed by atoms with Gasteiger partial charge >= 0.3 is 20.4 Å². The number of amides is 1. The fourth-order valence-corrected chi connectivity index (χ4v) is 7.15. The van der Waals surface area contributed by atoms with Crippen molar-refractivity contribution >= 4 is 32.0 Å². The van der Waals surface area contributed by atoms with Gasteiger partial charge in [0, 0.05) is 77.3 Å². The molecule has 4 rings (SSSR count). The smallest absolute Gasteiger partial charge is 0.308 e. The van der Waals surface area contributed by atoms with Gasteiger partial charge in [-0.3, -0.25) is 14.6 Å². The Bertz CT molecular complexity index is 1800. The lowest BCUT2D eigenvalue weighted by molar-refractivity contribution is 0.102. The van der Waals surface area contributed by atoms with Crippen LogP contribution in [0.3, 0.4) is 0 Å². The molecule has 4 aromatic rings. The molecule has 0 bridgehead atoms. The van der Waals surface area contributed by atoms with Crippen molar-refractivity contribution in [2.24, 2.45) is 0 Å². The van der Waals surface area contributed by atoms with E-state index in [1.54, 1.807) is 12.1 Å². The lowest BCUT2D eigenvalue weighted by Gasteiger charge is -2.24. The number of nitrogens with one attached hydrogen (secondary N) is 1. The van der Waals surface area contributed by atoms with Crippen LogP contribution in [-0.2, 0) is 46.6 Å². The summed E-state index contributed by atoms with van der Waals surface area (Å²) in [5.41, 5.74) is 3.17. The van der Waals surface area contributed by atoms with Crippen LogP contribution in [0.2, 0.25) is 0 Å². The Morgan fingerprint density at radius 3 is 1.51 bits per heavy atom. The van der Waals surface area contributed by atoms with Crippen LogP contribution in [0.4, 0.5) is 5.69 Å². The van der Waals surface area contributed by atoms with Crippen molar-refractivity contribution in [3.63, 3.8) is 0 Å². The predicted molar refractivity (Wildman–Crippen MR) is 190 cm³/mol. The zero-order valence-electron chi connectivity index (χ0n) is 29.0. The summed E-state index contributed by atoms with van der Waals surface area (Å²) in [6.45, 7) is 7.72. The van der Waals surface area contributed by atoms with Crippen molar-refractivity contribution in [2.45, 2.75) is 52.9 Å². The molecule has 0 radical (unpaired) electrons. The summed E-state index contributed by atoms with van der Waals surface area (Å²) in [6.07, 6.45) is 7.75. The van der Waals surface area contributed by atoms with Crippen molar-refractivity contribution in [3.05, 3.63) is 102 Å². The fraction of sp³-hybridized carbons (Fsp3) is 0.424. The molecule has 0 fully saturated rings. The highest BCUT2D eigenvalue weighted by atomic mass is 32.2. The minimum absolute atomic E-state index is 0.0574. The van der Waals surface area contributed by atoms with Crippen LogP contribution in [-0.4, -0.2) is 100 Å². The third-order valence-corrected chi connectivity index (χ3v) is 11.3. The maximum Gasteiger partial charge on any atom is 0.308 e. The van der Waals surface area contributed by atoms with Crippen LogP contribution in [0.1, 0.15) is 59.8 Å². The number of rotatable bonds is 18. The minimum Gasteiger partial charge on any atom is -0.322 e. The highest BCUT2D eigenvalue weighted by molar-refractivity contribution is 7.87. The summed E-state index contributed by atoms with van der Waals surface area (Å²) >= 11 is 0. The van der Waals surface area contributed by atoms with Gasteiger partial charge in [0.1, 0.15) is 11.6 Å². The number of nitrogens with zero attached hydrogens (tertiary/aromatic N) is 8. The molecule has 1 N–H and O–H groups in total. The summed E-state index contributed by atoms with van der Waals surface area (Å²) in [5.74, 6) is 0.238. The molecule has 2 aromatic heterocycles. The van der Waals surface area contributed by atoms with Crippen LogP contribution in [0, 0.1) is 0 Å².